The van der Waals surface area contributed by atoms with Crippen molar-refractivity contribution >= 4 is 35.2 Å². The number of hydrogen-bond donors (Lipinski definition) is 2. The Morgan fingerprint density at radius 1 is 1.08 bits per heavy atom. The van der Waals surface area contributed by atoms with Crippen LogP contribution >= 0.6 is 23.2 Å². The number of fused-ring (bicyclic) bond motifs is 1. The molecule has 39 heavy (non-hydrogen) atoms. The van der Waals surface area contributed by atoms with Crippen LogP contribution in [0.4, 0.5) is 10.7 Å². The number of likely N-dealkylation sites (tertiary alicyclic amines) is 1. The number of carbonyl (C=O) groups is 1. The third kappa shape index (κ3) is 5.29. The first kappa shape index (κ1) is 27.0. The van der Waals surface area contributed by atoms with Crippen LogP contribution in [-0.2, 0) is 9.47 Å². The highest BCUT2D eigenvalue weighted by Gasteiger charge is 2.47. The van der Waals surface area contributed by atoms with Gasteiger partial charge >= 0.3 is 6.09 Å². The van der Waals surface area contributed by atoms with Gasteiger partial charge in [0.25, 0.3) is 0 Å². The number of ether oxygens (including phenoxy) is 2. The molecule has 0 bridgehead atoms. The number of halogens is 2. The quantitative estimate of drug-likeness (QED) is 0.539. The van der Waals surface area contributed by atoms with Crippen molar-refractivity contribution in [1.29, 1.82) is 0 Å². The van der Waals surface area contributed by atoms with E-state index in [-0.39, 0.29) is 29.8 Å². The van der Waals surface area contributed by atoms with E-state index in [2.05, 4.69) is 20.7 Å². The molecule has 4 aliphatic rings. The molecule has 12 heteroatoms. The van der Waals surface area contributed by atoms with E-state index in [1.165, 1.54) is 7.11 Å². The van der Waals surface area contributed by atoms with Crippen molar-refractivity contribution in [1.82, 2.24) is 30.7 Å². The van der Waals surface area contributed by atoms with Gasteiger partial charge in [0.1, 0.15) is 0 Å². The van der Waals surface area contributed by atoms with Crippen molar-refractivity contribution < 1.29 is 14.3 Å². The lowest BCUT2D eigenvalue weighted by atomic mass is 9.72. The van der Waals surface area contributed by atoms with E-state index in [0.29, 0.717) is 22.0 Å². The van der Waals surface area contributed by atoms with Gasteiger partial charge in [-0.25, -0.2) is 20.2 Å². The third-order valence-corrected chi connectivity index (χ3v) is 9.61. The minimum atomic E-state index is -0.231. The summed E-state index contributed by atoms with van der Waals surface area (Å²) in [7, 11) is 1.44. The zero-order chi connectivity index (χ0) is 27.1. The van der Waals surface area contributed by atoms with Gasteiger partial charge in [-0.2, -0.15) is 0 Å². The van der Waals surface area contributed by atoms with E-state index in [0.717, 1.165) is 75.4 Å². The van der Waals surface area contributed by atoms with E-state index >= 15 is 0 Å². The average molecular weight is 577 g/mol. The maximum atomic E-state index is 11.8. The minimum absolute atomic E-state index is 0.105. The van der Waals surface area contributed by atoms with Crippen LogP contribution in [0.25, 0.3) is 0 Å². The summed E-state index contributed by atoms with van der Waals surface area (Å²) in [5.41, 5.74) is 9.09. The summed E-state index contributed by atoms with van der Waals surface area (Å²) in [6.07, 6.45) is 11.7. The summed E-state index contributed by atoms with van der Waals surface area (Å²) in [4.78, 5) is 29.4. The fraction of sp³-hybridized carbons (Fsp3) is 0.630. The van der Waals surface area contributed by atoms with Gasteiger partial charge in [0, 0.05) is 73.6 Å². The summed E-state index contributed by atoms with van der Waals surface area (Å²) in [5, 5.41) is 1.06. The zero-order valence-electron chi connectivity index (χ0n) is 22.3. The number of nitrogens with one attached hydrogen (secondary N) is 2. The molecule has 6 rings (SSSR count). The highest BCUT2D eigenvalue weighted by molar-refractivity contribution is 6.35. The molecular formula is C27H35Cl2N7O3. The number of hydrogen-bond acceptors (Lipinski definition) is 9. The molecule has 4 unspecified atom stereocenters. The highest BCUT2D eigenvalue weighted by Crippen LogP contribution is 2.43. The number of methoxy groups -OCH3 is 1. The van der Waals surface area contributed by atoms with Crippen molar-refractivity contribution in [3.63, 3.8) is 0 Å². The van der Waals surface area contributed by atoms with Crippen LogP contribution in [0, 0.1) is 11.3 Å². The van der Waals surface area contributed by atoms with Gasteiger partial charge in [-0.05, 0) is 44.9 Å². The molecule has 0 aromatic carbocycles. The van der Waals surface area contributed by atoms with E-state index in [4.69, 9.17) is 42.6 Å². The van der Waals surface area contributed by atoms with Gasteiger partial charge in [0.15, 0.2) is 0 Å². The van der Waals surface area contributed by atoms with Crippen LogP contribution in [0.15, 0.2) is 24.8 Å². The maximum absolute atomic E-state index is 11.8. The standard InChI is InChI=1S/C27H35Cl2N7O3/c1-16(23-20(28)12-30-13-21(23)29)39-18-3-4-22-19(9-18)24(34-33-22)17-10-31-25(32-11-17)36-14-27(15-36)5-7-35(8-6-27)26(37)38-2/h10-13,16,18-19,22,24,33-34H,3-9,14-15H2,1-2H3/t16-,18?,19?,22?,24?/m1/s1. The van der Waals surface area contributed by atoms with Gasteiger partial charge in [0.2, 0.25) is 5.95 Å². The summed E-state index contributed by atoms with van der Waals surface area (Å²) < 4.78 is 11.3. The van der Waals surface area contributed by atoms with Crippen molar-refractivity contribution in [3.8, 4) is 0 Å². The van der Waals surface area contributed by atoms with Crippen LogP contribution in [0.3, 0.4) is 0 Å². The number of pyridine rings is 1. The maximum Gasteiger partial charge on any atom is 0.409 e. The fourth-order valence-electron chi connectivity index (χ4n) is 6.81. The number of anilines is 1. The van der Waals surface area contributed by atoms with E-state index in [1.54, 1.807) is 17.3 Å². The SMILES string of the molecule is COC(=O)N1CCC2(CC1)CN(c1ncc(C3NNC4CCC(O[C@H](C)c5c(Cl)cncc5Cl)CC43)cn1)C2. The Kier molecular flexibility index (Phi) is 7.58. The van der Waals surface area contributed by atoms with Crippen molar-refractivity contribution in [2.24, 2.45) is 11.3 Å². The van der Waals surface area contributed by atoms with Crippen molar-refractivity contribution in [2.45, 2.75) is 63.3 Å². The molecule has 0 radical (unpaired) electrons. The lowest BCUT2D eigenvalue weighted by Gasteiger charge is -2.53. The third-order valence-electron chi connectivity index (χ3n) is 9.01. The number of nitrogens with zero attached hydrogens (tertiary/aromatic N) is 5. The predicted molar refractivity (Wildman–Crippen MR) is 148 cm³/mol. The first-order valence-corrected chi connectivity index (χ1v) is 14.5. The van der Waals surface area contributed by atoms with Gasteiger partial charge in [-0.1, -0.05) is 23.2 Å². The van der Waals surface area contributed by atoms with E-state index in [1.807, 2.05) is 19.3 Å². The van der Waals surface area contributed by atoms with Gasteiger partial charge in [-0.15, -0.1) is 0 Å². The number of hydrazine groups is 1. The Morgan fingerprint density at radius 2 is 1.77 bits per heavy atom. The number of aromatic nitrogens is 3. The van der Waals surface area contributed by atoms with Crippen LogP contribution < -0.4 is 15.8 Å². The van der Waals surface area contributed by atoms with Crippen molar-refractivity contribution in [3.05, 3.63) is 46.0 Å². The Morgan fingerprint density at radius 3 is 2.44 bits per heavy atom. The molecule has 1 amide bonds. The van der Waals surface area contributed by atoms with Gasteiger partial charge in [-0.3, -0.25) is 10.4 Å². The zero-order valence-corrected chi connectivity index (χ0v) is 23.8. The smallest absolute Gasteiger partial charge is 0.409 e. The summed E-state index contributed by atoms with van der Waals surface area (Å²) in [5.74, 6) is 1.13. The molecule has 2 aromatic heterocycles. The number of piperidine rings is 1. The fourth-order valence-corrected chi connectivity index (χ4v) is 7.48. The molecule has 1 saturated carbocycles. The highest BCUT2D eigenvalue weighted by atomic mass is 35.5. The Hall–Kier alpha value is -2.24. The molecule has 5 atom stereocenters. The molecule has 5 heterocycles. The lowest BCUT2D eigenvalue weighted by Crippen LogP contribution is -2.61. The first-order chi connectivity index (χ1) is 18.9. The number of carbonyl (C=O) groups excluding carboxylic acids is 1. The Labute approximate surface area is 238 Å². The molecular weight excluding hydrogens is 541 g/mol. The topological polar surface area (TPSA) is 105 Å². The molecule has 210 valence electrons. The predicted octanol–water partition coefficient (Wildman–Crippen LogP) is 4.31. The second-order valence-electron chi connectivity index (χ2n) is 11.4. The molecule has 1 aliphatic carbocycles. The van der Waals surface area contributed by atoms with Gasteiger partial charge < -0.3 is 19.3 Å². The van der Waals surface area contributed by atoms with Crippen LogP contribution in [0.1, 0.15) is 62.3 Å². The minimum Gasteiger partial charge on any atom is -0.453 e. The van der Waals surface area contributed by atoms with Crippen LogP contribution in [0.5, 0.6) is 0 Å². The average Bonchev–Trinajstić information content (AvgIpc) is 3.34. The van der Waals surface area contributed by atoms with Crippen LogP contribution in [0.2, 0.25) is 10.0 Å². The summed E-state index contributed by atoms with van der Waals surface area (Å²) in [6.45, 7) is 5.34. The Bertz CT molecular complexity index is 1170. The molecule has 10 nitrogen and oxygen atoms in total. The second kappa shape index (κ2) is 11.0. The van der Waals surface area contributed by atoms with E-state index < -0.39 is 0 Å². The first-order valence-electron chi connectivity index (χ1n) is 13.7. The lowest BCUT2D eigenvalue weighted by molar-refractivity contribution is -0.0370. The second-order valence-corrected chi connectivity index (χ2v) is 12.2. The summed E-state index contributed by atoms with van der Waals surface area (Å²) in [6, 6.07) is 0.494. The normalized spacial score (nSPS) is 28.6. The number of rotatable bonds is 5. The molecule has 2 N–H and O–H groups in total. The summed E-state index contributed by atoms with van der Waals surface area (Å²) >= 11 is 12.7. The van der Waals surface area contributed by atoms with Crippen LogP contribution in [-0.4, -0.2) is 71.4 Å². The molecule has 1 spiro atoms. The van der Waals surface area contributed by atoms with Crippen molar-refractivity contribution in [2.75, 3.05) is 38.2 Å². The molecule has 3 aliphatic heterocycles. The molecule has 3 saturated heterocycles. The molecule has 4 fully saturated rings. The Balaban J connectivity index is 1.05. The molecule has 2 aromatic rings. The van der Waals surface area contributed by atoms with E-state index in [9.17, 15) is 4.79 Å². The largest absolute Gasteiger partial charge is 0.453 e. The van der Waals surface area contributed by atoms with Gasteiger partial charge in [0.05, 0.1) is 35.4 Å². The monoisotopic (exact) mass is 575 g/mol. The number of amides is 1.